The van der Waals surface area contributed by atoms with Gasteiger partial charge in [0.25, 0.3) is 0 Å². The van der Waals surface area contributed by atoms with Crippen LogP contribution in [0.15, 0.2) is 42.6 Å². The Morgan fingerprint density at radius 3 is 2.55 bits per heavy atom. The van der Waals surface area contributed by atoms with Crippen LogP contribution in [0.2, 0.25) is 0 Å². The minimum absolute atomic E-state index is 0.132. The van der Waals surface area contributed by atoms with Crippen molar-refractivity contribution in [2.24, 2.45) is 0 Å². The maximum atomic E-state index is 5.93. The lowest BCUT2D eigenvalue weighted by Crippen LogP contribution is -2.46. The normalized spacial score (nSPS) is 21.8. The van der Waals surface area contributed by atoms with Gasteiger partial charge < -0.3 is 24.3 Å². The largest absolute Gasteiger partial charge is 0.378 e. The molecule has 3 aromatic heterocycles. The number of morpholine rings is 2. The van der Waals surface area contributed by atoms with E-state index in [0.29, 0.717) is 13.2 Å². The number of hydrogen-bond donors (Lipinski definition) is 1. The quantitative estimate of drug-likeness (QED) is 0.517. The van der Waals surface area contributed by atoms with Gasteiger partial charge >= 0.3 is 0 Å². The van der Waals surface area contributed by atoms with E-state index in [0.717, 1.165) is 65.8 Å². The zero-order valence-corrected chi connectivity index (χ0v) is 19.0. The molecule has 170 valence electrons. The van der Waals surface area contributed by atoms with Gasteiger partial charge in [-0.1, -0.05) is 6.07 Å². The fraction of sp³-hybridized carbons (Fsp3) is 0.400. The minimum Gasteiger partial charge on any atom is -0.378 e. The molecule has 2 atom stereocenters. The van der Waals surface area contributed by atoms with Crippen LogP contribution in [0.3, 0.4) is 0 Å². The molecule has 1 aromatic carbocycles. The Balaban J connectivity index is 1.47. The Morgan fingerprint density at radius 2 is 1.73 bits per heavy atom. The first-order valence-electron chi connectivity index (χ1n) is 11.6. The molecule has 0 spiro atoms. The number of benzene rings is 1. The van der Waals surface area contributed by atoms with E-state index in [1.807, 2.05) is 6.20 Å². The Bertz CT molecular complexity index is 1290. The van der Waals surface area contributed by atoms with E-state index in [4.69, 9.17) is 24.4 Å². The lowest BCUT2D eigenvalue weighted by atomic mass is 10.1. The standard InChI is InChI=1S/C25H28N6O2/c1-16-14-31(15-17(2)33-16)25-28-23-20(24(29-25)30-9-11-32-12-10-30)4-6-22(27-23)18-3-5-21-19(13-18)7-8-26-21/h3-8,13,16-17,26H,9-12,14-15H2,1-2H3. The Morgan fingerprint density at radius 1 is 0.909 bits per heavy atom. The highest BCUT2D eigenvalue weighted by atomic mass is 16.5. The summed E-state index contributed by atoms with van der Waals surface area (Å²) in [6, 6.07) is 12.6. The summed E-state index contributed by atoms with van der Waals surface area (Å²) in [5.74, 6) is 1.65. The van der Waals surface area contributed by atoms with Crippen molar-refractivity contribution in [2.45, 2.75) is 26.1 Å². The van der Waals surface area contributed by atoms with Crippen LogP contribution < -0.4 is 9.80 Å². The topological polar surface area (TPSA) is 79.4 Å². The molecule has 33 heavy (non-hydrogen) atoms. The van der Waals surface area contributed by atoms with Crippen LogP contribution in [0.25, 0.3) is 33.2 Å². The van der Waals surface area contributed by atoms with Crippen molar-refractivity contribution < 1.29 is 9.47 Å². The Labute approximate surface area is 192 Å². The van der Waals surface area contributed by atoms with E-state index in [9.17, 15) is 0 Å². The molecule has 0 aliphatic carbocycles. The van der Waals surface area contributed by atoms with Crippen LogP contribution in [-0.2, 0) is 9.47 Å². The van der Waals surface area contributed by atoms with Crippen molar-refractivity contribution in [3.8, 4) is 11.3 Å². The fourth-order valence-electron chi connectivity index (χ4n) is 4.86. The molecule has 2 aliphatic rings. The third kappa shape index (κ3) is 3.89. The van der Waals surface area contributed by atoms with Gasteiger partial charge in [-0.05, 0) is 44.2 Å². The third-order valence-corrected chi connectivity index (χ3v) is 6.39. The summed E-state index contributed by atoms with van der Waals surface area (Å²) in [4.78, 5) is 22.8. The molecular weight excluding hydrogens is 416 g/mol. The monoisotopic (exact) mass is 444 g/mol. The molecule has 2 saturated heterocycles. The highest BCUT2D eigenvalue weighted by Gasteiger charge is 2.26. The average Bonchev–Trinajstić information content (AvgIpc) is 3.31. The molecule has 6 rings (SSSR count). The van der Waals surface area contributed by atoms with Gasteiger partial charge in [-0.2, -0.15) is 9.97 Å². The van der Waals surface area contributed by atoms with Gasteiger partial charge in [0, 0.05) is 48.8 Å². The highest BCUT2D eigenvalue weighted by Crippen LogP contribution is 2.30. The molecule has 8 nitrogen and oxygen atoms in total. The van der Waals surface area contributed by atoms with Crippen molar-refractivity contribution >= 4 is 33.7 Å². The summed E-state index contributed by atoms with van der Waals surface area (Å²) in [6.07, 6.45) is 2.22. The van der Waals surface area contributed by atoms with Gasteiger partial charge in [0.2, 0.25) is 5.95 Å². The molecule has 0 amide bonds. The van der Waals surface area contributed by atoms with Crippen molar-refractivity contribution in [2.75, 3.05) is 49.2 Å². The molecule has 2 unspecified atom stereocenters. The van der Waals surface area contributed by atoms with Crippen LogP contribution in [-0.4, -0.2) is 71.5 Å². The van der Waals surface area contributed by atoms with E-state index in [1.54, 1.807) is 0 Å². The van der Waals surface area contributed by atoms with Crippen LogP contribution in [0.1, 0.15) is 13.8 Å². The number of nitrogens with zero attached hydrogens (tertiary/aromatic N) is 5. The molecule has 5 heterocycles. The summed E-state index contributed by atoms with van der Waals surface area (Å²) in [5.41, 5.74) is 3.83. The van der Waals surface area contributed by atoms with Crippen molar-refractivity contribution in [3.63, 3.8) is 0 Å². The molecule has 0 bridgehead atoms. The maximum Gasteiger partial charge on any atom is 0.229 e. The van der Waals surface area contributed by atoms with Gasteiger partial charge in [0.05, 0.1) is 36.5 Å². The number of rotatable bonds is 3. The fourth-order valence-corrected chi connectivity index (χ4v) is 4.86. The van der Waals surface area contributed by atoms with E-state index < -0.39 is 0 Å². The van der Waals surface area contributed by atoms with Crippen molar-refractivity contribution in [3.05, 3.63) is 42.6 Å². The first-order valence-corrected chi connectivity index (χ1v) is 11.6. The molecule has 0 radical (unpaired) electrons. The Hall–Kier alpha value is -3.23. The van der Waals surface area contributed by atoms with Crippen LogP contribution in [0, 0.1) is 0 Å². The minimum atomic E-state index is 0.132. The van der Waals surface area contributed by atoms with E-state index >= 15 is 0 Å². The second-order valence-electron chi connectivity index (χ2n) is 8.96. The number of nitrogens with one attached hydrogen (secondary N) is 1. The molecule has 4 aromatic rings. The number of fused-ring (bicyclic) bond motifs is 2. The number of pyridine rings is 1. The van der Waals surface area contributed by atoms with Crippen LogP contribution in [0.4, 0.5) is 11.8 Å². The molecular formula is C25H28N6O2. The first kappa shape index (κ1) is 20.4. The van der Waals surface area contributed by atoms with Crippen molar-refractivity contribution in [1.82, 2.24) is 19.9 Å². The Kier molecular flexibility index (Phi) is 5.11. The predicted octanol–water partition coefficient (Wildman–Crippen LogP) is 3.62. The second kappa shape index (κ2) is 8.28. The highest BCUT2D eigenvalue weighted by molar-refractivity contribution is 5.91. The van der Waals surface area contributed by atoms with Crippen molar-refractivity contribution in [1.29, 1.82) is 0 Å². The average molecular weight is 445 g/mol. The second-order valence-corrected chi connectivity index (χ2v) is 8.96. The summed E-state index contributed by atoms with van der Waals surface area (Å²) in [5, 5.41) is 2.14. The van der Waals surface area contributed by atoms with Gasteiger partial charge in [0.15, 0.2) is 5.65 Å². The summed E-state index contributed by atoms with van der Waals surface area (Å²) < 4.78 is 11.5. The summed E-state index contributed by atoms with van der Waals surface area (Å²) >= 11 is 0. The number of hydrogen-bond acceptors (Lipinski definition) is 7. The zero-order valence-electron chi connectivity index (χ0n) is 19.0. The molecule has 2 fully saturated rings. The molecule has 1 N–H and O–H groups in total. The van der Waals surface area contributed by atoms with E-state index in [-0.39, 0.29) is 12.2 Å². The summed E-state index contributed by atoms with van der Waals surface area (Å²) in [7, 11) is 0. The first-order chi connectivity index (χ1) is 16.1. The summed E-state index contributed by atoms with van der Waals surface area (Å²) in [6.45, 7) is 8.76. The molecule has 0 saturated carbocycles. The third-order valence-electron chi connectivity index (χ3n) is 6.39. The molecule has 2 aliphatic heterocycles. The predicted molar refractivity (Wildman–Crippen MR) is 130 cm³/mol. The lowest BCUT2D eigenvalue weighted by molar-refractivity contribution is -0.00570. The number of aromatic nitrogens is 4. The lowest BCUT2D eigenvalue weighted by Gasteiger charge is -2.36. The smallest absolute Gasteiger partial charge is 0.229 e. The van der Waals surface area contributed by atoms with Gasteiger partial charge in [0.1, 0.15) is 5.82 Å². The van der Waals surface area contributed by atoms with Crippen LogP contribution in [0.5, 0.6) is 0 Å². The number of anilines is 2. The zero-order chi connectivity index (χ0) is 22.4. The number of ether oxygens (including phenoxy) is 2. The van der Waals surface area contributed by atoms with Gasteiger partial charge in [-0.25, -0.2) is 4.98 Å². The van der Waals surface area contributed by atoms with E-state index in [2.05, 4.69) is 65.0 Å². The SMILES string of the molecule is CC1CN(c2nc(N3CCOCC3)c3ccc(-c4ccc5[nH]ccc5c4)nc3n2)CC(C)O1. The van der Waals surface area contributed by atoms with E-state index in [1.165, 1.54) is 5.39 Å². The van der Waals surface area contributed by atoms with Gasteiger partial charge in [-0.3, -0.25) is 0 Å². The van der Waals surface area contributed by atoms with Crippen LogP contribution >= 0.6 is 0 Å². The number of aromatic amines is 1. The molecule has 8 heteroatoms. The maximum absolute atomic E-state index is 5.93. The number of H-pyrrole nitrogens is 1. The van der Waals surface area contributed by atoms with Gasteiger partial charge in [-0.15, -0.1) is 0 Å².